The molecule has 0 radical (unpaired) electrons. The summed E-state index contributed by atoms with van der Waals surface area (Å²) in [5.74, 6) is 0.803. The van der Waals surface area contributed by atoms with Gasteiger partial charge in [0.05, 0.1) is 11.3 Å². The van der Waals surface area contributed by atoms with Gasteiger partial charge in [-0.1, -0.05) is 0 Å². The molecule has 1 aliphatic rings. The van der Waals surface area contributed by atoms with Crippen LogP contribution in [-0.2, 0) is 24.0 Å². The minimum Gasteiger partial charge on any atom is -0.369 e. The topological polar surface area (TPSA) is 52.0 Å². The predicted molar refractivity (Wildman–Crippen MR) is 85.7 cm³/mol. The molecule has 3 heterocycles. The smallest absolute Gasteiger partial charge is 0.369 e. The van der Waals surface area contributed by atoms with Crippen molar-refractivity contribution in [2.24, 2.45) is 0 Å². The monoisotopic (exact) mass is 354 g/mol. The van der Waals surface area contributed by atoms with Crippen LogP contribution in [0.25, 0.3) is 0 Å². The third kappa shape index (κ3) is 4.01. The summed E-state index contributed by atoms with van der Waals surface area (Å²) in [6.07, 6.45) is 1.96. The summed E-state index contributed by atoms with van der Waals surface area (Å²) >= 11 is 0. The zero-order chi connectivity index (χ0) is 17.9. The number of nitrogens with zero attached hydrogens (tertiary/aromatic N) is 3. The minimum atomic E-state index is -4.41. The third-order valence-corrected chi connectivity index (χ3v) is 4.39. The molecule has 2 aromatic rings. The predicted octanol–water partition coefficient (Wildman–Crippen LogP) is 3.33. The molecule has 1 fully saturated rings. The molecule has 1 aliphatic heterocycles. The number of nitrogens with one attached hydrogen (secondary N) is 1. The molecule has 1 saturated heterocycles. The van der Waals surface area contributed by atoms with Gasteiger partial charge in [-0.15, -0.1) is 0 Å². The molecular formula is C17H21F3N4O. The summed E-state index contributed by atoms with van der Waals surface area (Å²) in [7, 11) is 0. The van der Waals surface area contributed by atoms with E-state index in [4.69, 9.17) is 4.74 Å². The van der Waals surface area contributed by atoms with Gasteiger partial charge in [0.15, 0.2) is 0 Å². The Bertz CT molecular complexity index is 701. The number of rotatable bonds is 5. The van der Waals surface area contributed by atoms with Crippen LogP contribution in [0.15, 0.2) is 30.7 Å². The number of aromatic nitrogens is 3. The number of hydrogen-bond donors (Lipinski definition) is 1. The van der Waals surface area contributed by atoms with Crippen LogP contribution in [0.5, 0.6) is 0 Å². The Morgan fingerprint density at radius 2 is 2.16 bits per heavy atom. The Balaban J connectivity index is 1.76. The van der Waals surface area contributed by atoms with E-state index in [-0.39, 0.29) is 24.4 Å². The van der Waals surface area contributed by atoms with E-state index in [1.807, 2.05) is 17.7 Å². The molecule has 0 bridgehead atoms. The highest BCUT2D eigenvalue weighted by Gasteiger charge is 2.35. The fourth-order valence-corrected chi connectivity index (χ4v) is 3.15. The van der Waals surface area contributed by atoms with E-state index in [1.165, 1.54) is 12.3 Å². The highest BCUT2D eigenvalue weighted by Crippen LogP contribution is 2.32. The molecule has 0 amide bonds. The SMILES string of the molecule is CCn1ccnc1[C@H]1OCCC[C@@H]1NCc1ncccc1C(F)(F)F. The minimum absolute atomic E-state index is 0.00171. The molecule has 2 atom stereocenters. The molecule has 0 saturated carbocycles. The standard InChI is InChI=1S/C17H21F3N4O/c1-2-24-9-8-22-16(24)15-13(6-4-10-25-15)23-11-14-12(17(18,19)20)5-3-7-21-14/h3,5,7-9,13,15,23H,2,4,6,10-11H2,1H3/t13-,15-/m0/s1. The molecule has 1 N–H and O–H groups in total. The number of ether oxygens (including phenoxy) is 1. The number of aryl methyl sites for hydroxylation is 1. The van der Waals surface area contributed by atoms with E-state index < -0.39 is 11.7 Å². The second kappa shape index (κ2) is 7.53. The first-order valence-electron chi connectivity index (χ1n) is 8.37. The fourth-order valence-electron chi connectivity index (χ4n) is 3.15. The molecule has 0 unspecified atom stereocenters. The Kier molecular flexibility index (Phi) is 5.39. The van der Waals surface area contributed by atoms with E-state index in [2.05, 4.69) is 15.3 Å². The van der Waals surface area contributed by atoms with Crippen molar-refractivity contribution in [1.29, 1.82) is 0 Å². The van der Waals surface area contributed by atoms with Gasteiger partial charge in [-0.3, -0.25) is 4.98 Å². The Morgan fingerprint density at radius 1 is 1.32 bits per heavy atom. The lowest BCUT2D eigenvalue weighted by molar-refractivity contribution is -0.138. The van der Waals surface area contributed by atoms with E-state index in [0.717, 1.165) is 31.3 Å². The van der Waals surface area contributed by atoms with Crippen LogP contribution < -0.4 is 5.32 Å². The second-order valence-electron chi connectivity index (χ2n) is 5.99. The number of alkyl halides is 3. The number of hydrogen-bond acceptors (Lipinski definition) is 4. The third-order valence-electron chi connectivity index (χ3n) is 4.39. The van der Waals surface area contributed by atoms with Crippen molar-refractivity contribution in [2.75, 3.05) is 6.61 Å². The maximum atomic E-state index is 13.1. The first-order valence-corrected chi connectivity index (χ1v) is 8.37. The average molecular weight is 354 g/mol. The van der Waals surface area contributed by atoms with Crippen LogP contribution in [0.2, 0.25) is 0 Å². The quantitative estimate of drug-likeness (QED) is 0.895. The molecule has 25 heavy (non-hydrogen) atoms. The molecule has 0 aromatic carbocycles. The first-order chi connectivity index (χ1) is 12.0. The van der Waals surface area contributed by atoms with E-state index in [0.29, 0.717) is 6.61 Å². The van der Waals surface area contributed by atoms with Crippen LogP contribution in [0.4, 0.5) is 13.2 Å². The molecule has 3 rings (SSSR count). The molecule has 8 heteroatoms. The van der Waals surface area contributed by atoms with Gasteiger partial charge in [-0.25, -0.2) is 4.98 Å². The summed E-state index contributed by atoms with van der Waals surface area (Å²) < 4.78 is 47.2. The van der Waals surface area contributed by atoms with Gasteiger partial charge in [-0.2, -0.15) is 13.2 Å². The van der Waals surface area contributed by atoms with Crippen molar-refractivity contribution >= 4 is 0 Å². The van der Waals surface area contributed by atoms with E-state index >= 15 is 0 Å². The van der Waals surface area contributed by atoms with Crippen LogP contribution in [0.3, 0.4) is 0 Å². The highest BCUT2D eigenvalue weighted by molar-refractivity contribution is 5.23. The van der Waals surface area contributed by atoms with Crippen molar-refractivity contribution in [3.8, 4) is 0 Å². The molecule has 2 aromatic heterocycles. The van der Waals surface area contributed by atoms with Crippen LogP contribution in [0, 0.1) is 0 Å². The lowest BCUT2D eigenvalue weighted by Gasteiger charge is -2.32. The summed E-state index contributed by atoms with van der Waals surface area (Å²) in [5.41, 5.74) is -0.705. The van der Waals surface area contributed by atoms with Crippen LogP contribution >= 0.6 is 0 Å². The zero-order valence-corrected chi connectivity index (χ0v) is 14.0. The first kappa shape index (κ1) is 17.9. The van der Waals surface area contributed by atoms with Crippen molar-refractivity contribution in [2.45, 2.75) is 51.2 Å². The van der Waals surface area contributed by atoms with Gasteiger partial charge in [0.2, 0.25) is 0 Å². The van der Waals surface area contributed by atoms with Gasteiger partial charge in [0.25, 0.3) is 0 Å². The summed E-state index contributed by atoms with van der Waals surface area (Å²) in [4.78, 5) is 8.28. The molecule has 5 nitrogen and oxygen atoms in total. The van der Waals surface area contributed by atoms with Crippen LogP contribution in [-0.4, -0.2) is 27.2 Å². The van der Waals surface area contributed by atoms with Gasteiger partial charge < -0.3 is 14.6 Å². The molecule has 0 spiro atoms. The maximum Gasteiger partial charge on any atom is 0.418 e. The summed E-state index contributed by atoms with van der Waals surface area (Å²) in [6.45, 7) is 3.43. The normalized spacial score (nSPS) is 21.4. The van der Waals surface area contributed by atoms with Gasteiger partial charge >= 0.3 is 6.18 Å². The fraction of sp³-hybridized carbons (Fsp3) is 0.529. The largest absolute Gasteiger partial charge is 0.418 e. The summed E-state index contributed by atoms with van der Waals surface area (Å²) in [5, 5.41) is 3.20. The van der Waals surface area contributed by atoms with Gasteiger partial charge in [-0.05, 0) is 31.9 Å². The van der Waals surface area contributed by atoms with E-state index in [1.54, 1.807) is 6.20 Å². The Labute approximate surface area is 144 Å². The maximum absolute atomic E-state index is 13.1. The Morgan fingerprint density at radius 3 is 2.92 bits per heavy atom. The number of imidazole rings is 1. The molecule has 0 aliphatic carbocycles. The molecular weight excluding hydrogens is 333 g/mol. The van der Waals surface area contributed by atoms with Gasteiger partial charge in [0.1, 0.15) is 11.9 Å². The van der Waals surface area contributed by atoms with Crippen molar-refractivity contribution < 1.29 is 17.9 Å². The highest BCUT2D eigenvalue weighted by atomic mass is 19.4. The van der Waals surface area contributed by atoms with Crippen molar-refractivity contribution in [1.82, 2.24) is 19.9 Å². The number of halogens is 3. The average Bonchev–Trinajstić information content (AvgIpc) is 3.08. The van der Waals surface area contributed by atoms with Crippen LogP contribution in [0.1, 0.15) is 43.0 Å². The van der Waals surface area contributed by atoms with Crippen molar-refractivity contribution in [3.05, 3.63) is 47.8 Å². The Hall–Kier alpha value is -1.93. The number of pyridine rings is 1. The molecule has 136 valence electrons. The summed E-state index contributed by atoms with van der Waals surface area (Å²) in [6, 6.07) is 2.25. The second-order valence-corrected chi connectivity index (χ2v) is 5.99. The van der Waals surface area contributed by atoms with E-state index in [9.17, 15) is 13.2 Å². The zero-order valence-electron chi connectivity index (χ0n) is 14.0. The van der Waals surface area contributed by atoms with Gasteiger partial charge in [0, 0.05) is 44.3 Å². The lowest BCUT2D eigenvalue weighted by Crippen LogP contribution is -2.40. The van der Waals surface area contributed by atoms with Crippen molar-refractivity contribution in [3.63, 3.8) is 0 Å². The lowest BCUT2D eigenvalue weighted by atomic mass is 10.0.